The summed E-state index contributed by atoms with van der Waals surface area (Å²) in [5.74, 6) is -0.922. The molecule has 5 heteroatoms. The monoisotopic (exact) mass is 321 g/mol. The Morgan fingerprint density at radius 2 is 1.83 bits per heavy atom. The maximum Gasteiger partial charge on any atom is 0.410 e. The van der Waals surface area contributed by atoms with Gasteiger partial charge in [-0.05, 0) is 46.1 Å². The second kappa shape index (κ2) is 8.56. The third-order valence-corrected chi connectivity index (χ3v) is 3.42. The minimum atomic E-state index is -0.922. The number of ether oxygens (including phenoxy) is 1. The van der Waals surface area contributed by atoms with Crippen LogP contribution in [-0.2, 0) is 16.0 Å². The summed E-state index contributed by atoms with van der Waals surface area (Å²) in [6, 6.07) is 9.92. The van der Waals surface area contributed by atoms with E-state index in [0.717, 1.165) is 12.8 Å². The number of carbonyl (C=O) groups is 2. The van der Waals surface area contributed by atoms with Gasteiger partial charge < -0.3 is 14.7 Å². The van der Waals surface area contributed by atoms with E-state index in [0.29, 0.717) is 0 Å². The van der Waals surface area contributed by atoms with Gasteiger partial charge in [-0.15, -0.1) is 0 Å². The molecule has 0 spiro atoms. The molecular formula is C18H27NO4. The summed E-state index contributed by atoms with van der Waals surface area (Å²) < 4.78 is 5.40. The number of benzene rings is 1. The smallest absolute Gasteiger partial charge is 0.410 e. The first-order valence-electron chi connectivity index (χ1n) is 7.94. The van der Waals surface area contributed by atoms with Crippen molar-refractivity contribution in [3.63, 3.8) is 0 Å². The summed E-state index contributed by atoms with van der Waals surface area (Å²) in [6.45, 7) is 7.48. The van der Waals surface area contributed by atoms with Gasteiger partial charge in [0.2, 0.25) is 0 Å². The average Bonchev–Trinajstić information content (AvgIpc) is 2.44. The Morgan fingerprint density at radius 3 is 2.35 bits per heavy atom. The molecule has 0 fully saturated rings. The zero-order valence-electron chi connectivity index (χ0n) is 14.4. The van der Waals surface area contributed by atoms with E-state index in [1.54, 1.807) is 20.8 Å². The average molecular weight is 321 g/mol. The third kappa shape index (κ3) is 7.68. The number of aliphatic carboxylic acids is 1. The summed E-state index contributed by atoms with van der Waals surface area (Å²) >= 11 is 0. The Hall–Kier alpha value is -2.04. The normalized spacial score (nSPS) is 12.5. The fourth-order valence-electron chi connectivity index (χ4n) is 2.20. The molecule has 128 valence electrons. The Balaban J connectivity index is 2.69. The molecule has 0 heterocycles. The second-order valence-electron chi connectivity index (χ2n) is 6.69. The van der Waals surface area contributed by atoms with Gasteiger partial charge in [-0.25, -0.2) is 4.79 Å². The van der Waals surface area contributed by atoms with Gasteiger partial charge in [0, 0.05) is 12.6 Å². The molecule has 23 heavy (non-hydrogen) atoms. The van der Waals surface area contributed by atoms with Gasteiger partial charge in [-0.1, -0.05) is 30.3 Å². The van der Waals surface area contributed by atoms with Crippen LogP contribution in [-0.4, -0.2) is 40.3 Å². The molecule has 0 bridgehead atoms. The predicted molar refractivity (Wildman–Crippen MR) is 89.4 cm³/mol. The Bertz CT molecular complexity index is 508. The molecule has 0 aliphatic rings. The first-order valence-corrected chi connectivity index (χ1v) is 7.94. The van der Waals surface area contributed by atoms with Crippen molar-refractivity contribution in [2.75, 3.05) is 6.54 Å². The number of amides is 1. The van der Waals surface area contributed by atoms with Crippen LogP contribution in [0.4, 0.5) is 4.79 Å². The quantitative estimate of drug-likeness (QED) is 0.831. The van der Waals surface area contributed by atoms with Gasteiger partial charge >= 0.3 is 12.1 Å². The molecule has 1 unspecified atom stereocenters. The summed E-state index contributed by atoms with van der Waals surface area (Å²) in [5, 5.41) is 8.89. The molecule has 0 aliphatic carbocycles. The summed E-state index contributed by atoms with van der Waals surface area (Å²) in [7, 11) is 0. The number of carboxylic acids is 1. The Labute approximate surface area is 138 Å². The zero-order chi connectivity index (χ0) is 17.5. The minimum Gasteiger partial charge on any atom is -0.481 e. The zero-order valence-corrected chi connectivity index (χ0v) is 14.4. The molecule has 1 amide bonds. The van der Waals surface area contributed by atoms with Crippen LogP contribution in [0.2, 0.25) is 0 Å². The lowest BCUT2D eigenvalue weighted by atomic mass is 10.1. The van der Waals surface area contributed by atoms with Crippen LogP contribution >= 0.6 is 0 Å². The number of hydrogen-bond acceptors (Lipinski definition) is 3. The van der Waals surface area contributed by atoms with Crippen molar-refractivity contribution in [1.29, 1.82) is 0 Å². The van der Waals surface area contributed by atoms with Crippen LogP contribution in [0.15, 0.2) is 30.3 Å². The summed E-state index contributed by atoms with van der Waals surface area (Å²) in [5.41, 5.74) is 0.597. The maximum atomic E-state index is 12.3. The molecule has 1 rings (SSSR count). The maximum absolute atomic E-state index is 12.3. The number of nitrogens with zero attached hydrogens (tertiary/aromatic N) is 1. The molecule has 0 aliphatic heterocycles. The lowest BCUT2D eigenvalue weighted by Crippen LogP contribution is -2.43. The van der Waals surface area contributed by atoms with Crippen LogP contribution in [0.3, 0.4) is 0 Å². The van der Waals surface area contributed by atoms with Crippen molar-refractivity contribution < 1.29 is 19.4 Å². The van der Waals surface area contributed by atoms with Gasteiger partial charge in [0.25, 0.3) is 0 Å². The number of aryl methyl sites for hydroxylation is 1. The highest BCUT2D eigenvalue weighted by Gasteiger charge is 2.26. The van der Waals surface area contributed by atoms with E-state index in [1.807, 2.05) is 37.3 Å². The van der Waals surface area contributed by atoms with Gasteiger partial charge in [-0.3, -0.25) is 4.79 Å². The van der Waals surface area contributed by atoms with Crippen molar-refractivity contribution in [2.45, 2.75) is 58.6 Å². The van der Waals surface area contributed by atoms with Crippen LogP contribution in [0.25, 0.3) is 0 Å². The minimum absolute atomic E-state index is 0.0884. The summed E-state index contributed by atoms with van der Waals surface area (Å²) in [6.07, 6.45) is 1.03. The SMILES string of the molecule is CC(CCc1ccccc1)N(CCC(=O)O)C(=O)OC(C)(C)C. The summed E-state index contributed by atoms with van der Waals surface area (Å²) in [4.78, 5) is 24.7. The molecule has 0 radical (unpaired) electrons. The predicted octanol–water partition coefficient (Wildman–Crippen LogP) is 3.72. The molecule has 0 aromatic heterocycles. The first-order chi connectivity index (χ1) is 10.7. The highest BCUT2D eigenvalue weighted by atomic mass is 16.6. The van der Waals surface area contributed by atoms with Crippen LogP contribution in [0.1, 0.15) is 46.1 Å². The number of hydrogen-bond donors (Lipinski definition) is 1. The highest BCUT2D eigenvalue weighted by molar-refractivity contribution is 5.71. The lowest BCUT2D eigenvalue weighted by molar-refractivity contribution is -0.137. The first kappa shape index (κ1) is 19.0. The van der Waals surface area contributed by atoms with Gasteiger partial charge in [0.1, 0.15) is 5.60 Å². The Morgan fingerprint density at radius 1 is 1.22 bits per heavy atom. The van der Waals surface area contributed by atoms with E-state index in [2.05, 4.69) is 0 Å². The Kier molecular flexibility index (Phi) is 7.07. The molecule has 5 nitrogen and oxygen atoms in total. The molecule has 1 N–H and O–H groups in total. The molecular weight excluding hydrogens is 294 g/mol. The second-order valence-corrected chi connectivity index (χ2v) is 6.69. The van der Waals surface area contributed by atoms with Gasteiger partial charge in [0.15, 0.2) is 0 Å². The van der Waals surface area contributed by atoms with Crippen molar-refractivity contribution in [1.82, 2.24) is 4.90 Å². The molecule has 0 saturated heterocycles. The van der Waals surface area contributed by atoms with Crippen LogP contribution in [0, 0.1) is 0 Å². The van der Waals surface area contributed by atoms with Crippen molar-refractivity contribution in [2.24, 2.45) is 0 Å². The van der Waals surface area contributed by atoms with Crippen molar-refractivity contribution in [3.05, 3.63) is 35.9 Å². The fourth-order valence-corrected chi connectivity index (χ4v) is 2.20. The molecule has 0 saturated carbocycles. The number of rotatable bonds is 7. The van der Waals surface area contributed by atoms with Crippen LogP contribution in [0.5, 0.6) is 0 Å². The molecule has 1 atom stereocenters. The van der Waals surface area contributed by atoms with Crippen molar-refractivity contribution in [3.8, 4) is 0 Å². The highest BCUT2D eigenvalue weighted by Crippen LogP contribution is 2.16. The van der Waals surface area contributed by atoms with Gasteiger partial charge in [0.05, 0.1) is 6.42 Å². The number of carboxylic acid groups (broad SMARTS) is 1. The standard InChI is InChI=1S/C18H27NO4/c1-14(10-11-15-8-6-5-7-9-15)19(13-12-16(20)21)17(22)23-18(2,3)4/h5-9,14H,10-13H2,1-4H3,(H,20,21). The van der Waals surface area contributed by atoms with E-state index in [4.69, 9.17) is 9.84 Å². The van der Waals surface area contributed by atoms with E-state index in [1.165, 1.54) is 10.5 Å². The lowest BCUT2D eigenvalue weighted by Gasteiger charge is -2.31. The van der Waals surface area contributed by atoms with E-state index in [-0.39, 0.29) is 19.0 Å². The molecule has 1 aromatic rings. The topological polar surface area (TPSA) is 66.8 Å². The number of carbonyl (C=O) groups excluding carboxylic acids is 1. The van der Waals surface area contributed by atoms with Crippen LogP contribution < -0.4 is 0 Å². The fraction of sp³-hybridized carbons (Fsp3) is 0.556. The van der Waals surface area contributed by atoms with Crippen molar-refractivity contribution >= 4 is 12.1 Å². The van der Waals surface area contributed by atoms with E-state index < -0.39 is 17.7 Å². The molecule has 1 aromatic carbocycles. The largest absolute Gasteiger partial charge is 0.481 e. The van der Waals surface area contributed by atoms with E-state index >= 15 is 0 Å². The third-order valence-electron chi connectivity index (χ3n) is 3.42. The van der Waals surface area contributed by atoms with E-state index in [9.17, 15) is 9.59 Å². The van der Waals surface area contributed by atoms with Gasteiger partial charge in [-0.2, -0.15) is 0 Å².